The third kappa shape index (κ3) is 5.09. The maximum absolute atomic E-state index is 11.9. The standard InChI is InChI=1S/C14H27N3O2/c15-12-5-7-17(8-6-12)10-14(19)16-9-11-1-3-13(18)4-2-11/h11-13,18H,1-10,15H2,(H,16,19). The average molecular weight is 269 g/mol. The number of amides is 1. The van der Waals surface area contributed by atoms with Gasteiger partial charge in [0.15, 0.2) is 0 Å². The fraction of sp³-hybridized carbons (Fsp3) is 0.929. The fourth-order valence-corrected chi connectivity index (χ4v) is 2.98. The molecule has 0 atom stereocenters. The SMILES string of the molecule is NC1CCN(CC(=O)NCC2CCC(O)CC2)CC1. The number of hydrogen-bond donors (Lipinski definition) is 3. The Morgan fingerprint density at radius 3 is 2.42 bits per heavy atom. The fourth-order valence-electron chi connectivity index (χ4n) is 2.98. The van der Waals surface area contributed by atoms with E-state index < -0.39 is 0 Å². The summed E-state index contributed by atoms with van der Waals surface area (Å²) >= 11 is 0. The Kier molecular flexibility index (Phi) is 5.60. The molecule has 2 fully saturated rings. The van der Waals surface area contributed by atoms with Crippen molar-refractivity contribution in [3.05, 3.63) is 0 Å². The van der Waals surface area contributed by atoms with Gasteiger partial charge in [0, 0.05) is 25.7 Å². The van der Waals surface area contributed by atoms with E-state index in [1.165, 1.54) is 0 Å². The molecular weight excluding hydrogens is 242 g/mol. The largest absolute Gasteiger partial charge is 0.393 e. The molecule has 0 unspecified atom stereocenters. The first-order valence-corrected chi connectivity index (χ1v) is 7.56. The molecule has 4 N–H and O–H groups in total. The molecule has 1 heterocycles. The summed E-state index contributed by atoms with van der Waals surface area (Å²) in [4.78, 5) is 14.1. The first kappa shape index (κ1) is 14.8. The molecular formula is C14H27N3O2. The van der Waals surface area contributed by atoms with E-state index in [1.54, 1.807) is 0 Å². The lowest BCUT2D eigenvalue weighted by atomic mass is 9.87. The number of likely N-dealkylation sites (tertiary alicyclic amines) is 1. The van der Waals surface area contributed by atoms with Crippen LogP contribution >= 0.6 is 0 Å². The molecule has 1 saturated carbocycles. The van der Waals surface area contributed by atoms with Gasteiger partial charge < -0.3 is 16.2 Å². The van der Waals surface area contributed by atoms with Gasteiger partial charge in [0.2, 0.25) is 5.91 Å². The van der Waals surface area contributed by atoms with E-state index in [2.05, 4.69) is 10.2 Å². The molecule has 0 radical (unpaired) electrons. The first-order chi connectivity index (χ1) is 9.13. The van der Waals surface area contributed by atoms with Gasteiger partial charge in [-0.25, -0.2) is 0 Å². The van der Waals surface area contributed by atoms with Crippen molar-refractivity contribution < 1.29 is 9.90 Å². The zero-order valence-electron chi connectivity index (χ0n) is 11.7. The van der Waals surface area contributed by atoms with Gasteiger partial charge in [-0.3, -0.25) is 9.69 Å². The van der Waals surface area contributed by atoms with Crippen LogP contribution in [-0.4, -0.2) is 54.2 Å². The molecule has 1 saturated heterocycles. The highest BCUT2D eigenvalue weighted by molar-refractivity contribution is 5.78. The van der Waals surface area contributed by atoms with Gasteiger partial charge in [0.25, 0.3) is 0 Å². The van der Waals surface area contributed by atoms with Gasteiger partial charge in [-0.1, -0.05) is 0 Å². The summed E-state index contributed by atoms with van der Waals surface area (Å²) in [6.07, 6.45) is 5.68. The van der Waals surface area contributed by atoms with Crippen LogP contribution in [0, 0.1) is 5.92 Å². The number of carbonyl (C=O) groups excluding carboxylic acids is 1. The van der Waals surface area contributed by atoms with Crippen LogP contribution in [0.3, 0.4) is 0 Å². The van der Waals surface area contributed by atoms with E-state index >= 15 is 0 Å². The highest BCUT2D eigenvalue weighted by Crippen LogP contribution is 2.23. The number of aliphatic hydroxyl groups is 1. The number of nitrogens with one attached hydrogen (secondary N) is 1. The first-order valence-electron chi connectivity index (χ1n) is 7.56. The third-order valence-electron chi connectivity index (χ3n) is 4.40. The van der Waals surface area contributed by atoms with Crippen molar-refractivity contribution in [2.75, 3.05) is 26.2 Å². The normalized spacial score (nSPS) is 30.2. The quantitative estimate of drug-likeness (QED) is 0.675. The van der Waals surface area contributed by atoms with E-state index in [0.717, 1.165) is 58.2 Å². The highest BCUT2D eigenvalue weighted by Gasteiger charge is 2.21. The second-order valence-corrected chi connectivity index (χ2v) is 6.09. The van der Waals surface area contributed by atoms with E-state index in [-0.39, 0.29) is 12.0 Å². The number of aliphatic hydroxyl groups excluding tert-OH is 1. The van der Waals surface area contributed by atoms with Crippen LogP contribution in [0.4, 0.5) is 0 Å². The van der Waals surface area contributed by atoms with Crippen molar-refractivity contribution in [1.82, 2.24) is 10.2 Å². The second kappa shape index (κ2) is 7.22. The van der Waals surface area contributed by atoms with Gasteiger partial charge in [-0.2, -0.15) is 0 Å². The summed E-state index contributed by atoms with van der Waals surface area (Å²) in [5.41, 5.74) is 5.85. The Morgan fingerprint density at radius 2 is 1.79 bits per heavy atom. The van der Waals surface area contributed by atoms with Crippen molar-refractivity contribution in [2.24, 2.45) is 11.7 Å². The van der Waals surface area contributed by atoms with Crippen LogP contribution in [-0.2, 0) is 4.79 Å². The van der Waals surface area contributed by atoms with Crippen LogP contribution in [0.5, 0.6) is 0 Å². The van der Waals surface area contributed by atoms with Crippen molar-refractivity contribution in [3.63, 3.8) is 0 Å². The molecule has 5 heteroatoms. The van der Waals surface area contributed by atoms with Crippen LogP contribution in [0.15, 0.2) is 0 Å². The van der Waals surface area contributed by atoms with E-state index in [9.17, 15) is 9.90 Å². The third-order valence-corrected chi connectivity index (χ3v) is 4.40. The van der Waals surface area contributed by atoms with Crippen molar-refractivity contribution in [1.29, 1.82) is 0 Å². The molecule has 2 rings (SSSR count). The summed E-state index contributed by atoms with van der Waals surface area (Å²) in [5.74, 6) is 0.670. The summed E-state index contributed by atoms with van der Waals surface area (Å²) < 4.78 is 0. The number of piperidine rings is 1. The monoisotopic (exact) mass is 269 g/mol. The van der Waals surface area contributed by atoms with Crippen LogP contribution in [0.25, 0.3) is 0 Å². The predicted octanol–water partition coefficient (Wildman–Crippen LogP) is 0.0768. The minimum atomic E-state index is -0.121. The molecule has 19 heavy (non-hydrogen) atoms. The van der Waals surface area contributed by atoms with Crippen LogP contribution in [0.1, 0.15) is 38.5 Å². The highest BCUT2D eigenvalue weighted by atomic mass is 16.3. The molecule has 0 bridgehead atoms. The van der Waals surface area contributed by atoms with Gasteiger partial charge in [0.05, 0.1) is 12.6 Å². The van der Waals surface area contributed by atoms with Gasteiger partial charge in [0.1, 0.15) is 0 Å². The maximum Gasteiger partial charge on any atom is 0.234 e. The number of nitrogens with two attached hydrogens (primary N) is 1. The minimum absolute atomic E-state index is 0.121. The molecule has 1 aliphatic heterocycles. The summed E-state index contributed by atoms with van der Waals surface area (Å²) in [7, 11) is 0. The summed E-state index contributed by atoms with van der Waals surface area (Å²) in [5, 5.41) is 12.5. The molecule has 0 aromatic rings. The minimum Gasteiger partial charge on any atom is -0.393 e. The summed E-state index contributed by atoms with van der Waals surface area (Å²) in [6.45, 7) is 3.13. The number of rotatable bonds is 4. The smallest absolute Gasteiger partial charge is 0.234 e. The summed E-state index contributed by atoms with van der Waals surface area (Å²) in [6, 6.07) is 0.313. The molecule has 0 spiro atoms. The zero-order valence-corrected chi connectivity index (χ0v) is 11.7. The molecule has 2 aliphatic rings. The number of nitrogens with zero attached hydrogens (tertiary/aromatic N) is 1. The Bertz CT molecular complexity index is 282. The lowest BCUT2D eigenvalue weighted by molar-refractivity contribution is -0.122. The molecule has 1 aliphatic carbocycles. The van der Waals surface area contributed by atoms with Crippen molar-refractivity contribution in [3.8, 4) is 0 Å². The van der Waals surface area contributed by atoms with E-state index in [1.807, 2.05) is 0 Å². The average Bonchev–Trinajstić information content (AvgIpc) is 2.41. The van der Waals surface area contributed by atoms with Gasteiger partial charge in [-0.05, 0) is 44.4 Å². The molecule has 110 valence electrons. The molecule has 0 aromatic carbocycles. The predicted molar refractivity (Wildman–Crippen MR) is 74.6 cm³/mol. The topological polar surface area (TPSA) is 78.6 Å². The lowest BCUT2D eigenvalue weighted by Gasteiger charge is -2.30. The Hall–Kier alpha value is -0.650. The van der Waals surface area contributed by atoms with Crippen molar-refractivity contribution in [2.45, 2.75) is 50.7 Å². The van der Waals surface area contributed by atoms with E-state index in [0.29, 0.717) is 18.5 Å². The van der Waals surface area contributed by atoms with E-state index in [4.69, 9.17) is 5.73 Å². The zero-order chi connectivity index (χ0) is 13.7. The van der Waals surface area contributed by atoms with Gasteiger partial charge in [-0.15, -0.1) is 0 Å². The second-order valence-electron chi connectivity index (χ2n) is 6.09. The molecule has 5 nitrogen and oxygen atoms in total. The Balaban J connectivity index is 1.59. The van der Waals surface area contributed by atoms with Crippen LogP contribution < -0.4 is 11.1 Å². The van der Waals surface area contributed by atoms with Gasteiger partial charge >= 0.3 is 0 Å². The van der Waals surface area contributed by atoms with Crippen LogP contribution in [0.2, 0.25) is 0 Å². The Morgan fingerprint density at radius 1 is 1.16 bits per heavy atom. The Labute approximate surface area is 115 Å². The lowest BCUT2D eigenvalue weighted by Crippen LogP contribution is -2.45. The number of hydrogen-bond acceptors (Lipinski definition) is 4. The molecule has 0 aromatic heterocycles. The number of carbonyl (C=O) groups is 1. The molecule has 1 amide bonds. The maximum atomic E-state index is 11.9. The van der Waals surface area contributed by atoms with Crippen molar-refractivity contribution >= 4 is 5.91 Å².